The van der Waals surface area contributed by atoms with Crippen molar-refractivity contribution in [1.82, 2.24) is 0 Å². The number of rotatable bonds is 4. The number of halogens is 3. The molecule has 0 amide bonds. The van der Waals surface area contributed by atoms with Gasteiger partial charge in [0.15, 0.2) is 0 Å². The van der Waals surface area contributed by atoms with Gasteiger partial charge in [-0.2, -0.15) is 18.4 Å². The van der Waals surface area contributed by atoms with Gasteiger partial charge in [-0.3, -0.25) is 0 Å². The Hall–Kier alpha value is -1.74. The Morgan fingerprint density at radius 2 is 2.11 bits per heavy atom. The van der Waals surface area contributed by atoms with Crippen molar-refractivity contribution in [3.63, 3.8) is 0 Å². The molecule has 0 radical (unpaired) electrons. The fourth-order valence-electron chi connectivity index (χ4n) is 1.34. The number of aliphatic hydroxyl groups excluding tert-OH is 1. The lowest BCUT2D eigenvalue weighted by atomic mass is 10.1. The van der Waals surface area contributed by atoms with Crippen LogP contribution in [0.1, 0.15) is 24.5 Å². The average Bonchev–Trinajstić information content (AvgIpc) is 2.34. The van der Waals surface area contributed by atoms with E-state index in [2.05, 4.69) is 5.32 Å². The predicted molar refractivity (Wildman–Crippen MR) is 60.9 cm³/mol. The molecule has 0 aliphatic carbocycles. The Morgan fingerprint density at radius 1 is 1.44 bits per heavy atom. The third-order valence-electron chi connectivity index (χ3n) is 2.47. The zero-order valence-corrected chi connectivity index (χ0v) is 9.75. The number of aliphatic hydroxyl groups is 1. The monoisotopic (exact) mass is 258 g/mol. The third-order valence-corrected chi connectivity index (χ3v) is 2.47. The van der Waals surface area contributed by atoms with Gasteiger partial charge in [0.25, 0.3) is 0 Å². The van der Waals surface area contributed by atoms with Gasteiger partial charge in [0.1, 0.15) is 6.07 Å². The van der Waals surface area contributed by atoms with Crippen LogP contribution in [-0.2, 0) is 6.18 Å². The first-order chi connectivity index (χ1) is 8.38. The van der Waals surface area contributed by atoms with E-state index in [1.807, 2.05) is 0 Å². The van der Waals surface area contributed by atoms with Gasteiger partial charge in [-0.25, -0.2) is 0 Å². The summed E-state index contributed by atoms with van der Waals surface area (Å²) < 4.78 is 37.3. The summed E-state index contributed by atoms with van der Waals surface area (Å²) in [5, 5.41) is 20.9. The molecule has 0 spiro atoms. The van der Waals surface area contributed by atoms with Gasteiger partial charge in [-0.15, -0.1) is 0 Å². The van der Waals surface area contributed by atoms with Crippen LogP contribution in [0.15, 0.2) is 18.2 Å². The first kappa shape index (κ1) is 14.3. The van der Waals surface area contributed by atoms with E-state index in [9.17, 15) is 18.3 Å². The molecule has 6 heteroatoms. The number of benzene rings is 1. The van der Waals surface area contributed by atoms with Crippen LogP contribution in [-0.4, -0.2) is 17.8 Å². The summed E-state index contributed by atoms with van der Waals surface area (Å²) in [6, 6.07) is 4.60. The third kappa shape index (κ3) is 3.64. The van der Waals surface area contributed by atoms with Gasteiger partial charge in [-0.05, 0) is 24.6 Å². The molecule has 18 heavy (non-hydrogen) atoms. The van der Waals surface area contributed by atoms with E-state index in [4.69, 9.17) is 5.26 Å². The average molecular weight is 258 g/mol. The van der Waals surface area contributed by atoms with Gasteiger partial charge in [0, 0.05) is 6.54 Å². The van der Waals surface area contributed by atoms with Crippen LogP contribution in [0.25, 0.3) is 0 Å². The van der Waals surface area contributed by atoms with Crippen molar-refractivity contribution in [2.45, 2.75) is 25.6 Å². The highest BCUT2D eigenvalue weighted by molar-refractivity contribution is 5.59. The smallest absolute Gasteiger partial charge is 0.391 e. The van der Waals surface area contributed by atoms with Gasteiger partial charge in [0.2, 0.25) is 0 Å². The zero-order valence-electron chi connectivity index (χ0n) is 9.75. The highest BCUT2D eigenvalue weighted by Gasteiger charge is 2.31. The second kappa shape index (κ2) is 5.74. The van der Waals surface area contributed by atoms with Crippen LogP contribution in [0.2, 0.25) is 0 Å². The van der Waals surface area contributed by atoms with E-state index in [1.54, 1.807) is 13.0 Å². The molecule has 1 unspecified atom stereocenters. The predicted octanol–water partition coefficient (Wildman–Crippen LogP) is 2.76. The maximum absolute atomic E-state index is 12.4. The van der Waals surface area contributed by atoms with Crippen LogP contribution in [0.4, 0.5) is 18.9 Å². The summed E-state index contributed by atoms with van der Waals surface area (Å²) in [5.41, 5.74) is -0.660. The van der Waals surface area contributed by atoms with Crippen LogP contribution in [0, 0.1) is 11.3 Å². The van der Waals surface area contributed by atoms with Gasteiger partial charge in [-0.1, -0.05) is 6.92 Å². The number of alkyl halides is 3. The van der Waals surface area contributed by atoms with E-state index in [1.165, 1.54) is 6.07 Å². The summed E-state index contributed by atoms with van der Waals surface area (Å²) in [4.78, 5) is 0. The van der Waals surface area contributed by atoms with Crippen LogP contribution < -0.4 is 5.32 Å². The van der Waals surface area contributed by atoms with Crippen molar-refractivity contribution in [3.8, 4) is 6.07 Å². The highest BCUT2D eigenvalue weighted by atomic mass is 19.4. The fraction of sp³-hybridized carbons (Fsp3) is 0.417. The minimum atomic E-state index is -4.47. The second-order valence-electron chi connectivity index (χ2n) is 3.81. The molecule has 1 aromatic rings. The Labute approximate surface area is 103 Å². The first-order valence-corrected chi connectivity index (χ1v) is 5.41. The molecule has 0 heterocycles. The topological polar surface area (TPSA) is 56.0 Å². The molecule has 0 bridgehead atoms. The molecule has 0 fully saturated rings. The summed E-state index contributed by atoms with van der Waals surface area (Å²) in [5.74, 6) is 0. The summed E-state index contributed by atoms with van der Waals surface area (Å²) in [6.45, 7) is 1.97. The van der Waals surface area contributed by atoms with Crippen LogP contribution in [0.5, 0.6) is 0 Å². The minimum absolute atomic E-state index is 0.0897. The van der Waals surface area contributed by atoms with Crippen molar-refractivity contribution < 1.29 is 18.3 Å². The van der Waals surface area contributed by atoms with Crippen LogP contribution >= 0.6 is 0 Å². The summed E-state index contributed by atoms with van der Waals surface area (Å²) >= 11 is 0. The number of hydrogen-bond donors (Lipinski definition) is 2. The molecule has 0 saturated carbocycles. The molecule has 0 aromatic heterocycles. The van der Waals surface area contributed by atoms with Crippen molar-refractivity contribution in [3.05, 3.63) is 29.3 Å². The van der Waals surface area contributed by atoms with Crippen LogP contribution in [0.3, 0.4) is 0 Å². The van der Waals surface area contributed by atoms with Crippen molar-refractivity contribution in [2.24, 2.45) is 0 Å². The standard InChI is InChI=1S/C12H13F3N2O/c1-2-10(18)7-17-11-4-3-9(12(13,14)15)5-8(11)6-16/h3-5,10,17-18H,2,7H2,1H3. The van der Waals surface area contributed by atoms with E-state index in [0.29, 0.717) is 6.42 Å². The molecule has 0 aliphatic rings. The maximum Gasteiger partial charge on any atom is 0.416 e. The molecule has 98 valence electrons. The lowest BCUT2D eigenvalue weighted by Gasteiger charge is -2.13. The Morgan fingerprint density at radius 3 is 2.61 bits per heavy atom. The Balaban J connectivity index is 2.92. The van der Waals surface area contributed by atoms with E-state index in [0.717, 1.165) is 12.1 Å². The largest absolute Gasteiger partial charge is 0.416 e. The van der Waals surface area contributed by atoms with Gasteiger partial charge in [0.05, 0.1) is 22.9 Å². The van der Waals surface area contributed by atoms with Crippen molar-refractivity contribution >= 4 is 5.69 Å². The molecule has 1 aromatic carbocycles. The Kier molecular flexibility index (Phi) is 4.56. The molecular formula is C12H13F3N2O. The molecule has 0 aliphatic heterocycles. The highest BCUT2D eigenvalue weighted by Crippen LogP contribution is 2.31. The number of anilines is 1. The number of nitriles is 1. The number of nitrogens with zero attached hydrogens (tertiary/aromatic N) is 1. The molecule has 0 saturated heterocycles. The molecule has 3 nitrogen and oxygen atoms in total. The number of hydrogen-bond acceptors (Lipinski definition) is 3. The SMILES string of the molecule is CCC(O)CNc1ccc(C(F)(F)F)cc1C#N. The number of nitrogens with one attached hydrogen (secondary N) is 1. The normalized spacial score (nSPS) is 12.9. The van der Waals surface area contributed by atoms with E-state index >= 15 is 0 Å². The molecule has 2 N–H and O–H groups in total. The summed E-state index contributed by atoms with van der Waals surface area (Å²) in [7, 11) is 0. The molecular weight excluding hydrogens is 245 g/mol. The van der Waals surface area contributed by atoms with Crippen molar-refractivity contribution in [1.29, 1.82) is 5.26 Å². The van der Waals surface area contributed by atoms with E-state index < -0.39 is 17.8 Å². The Bertz CT molecular complexity index is 452. The van der Waals surface area contributed by atoms with Crippen molar-refractivity contribution in [2.75, 3.05) is 11.9 Å². The lowest BCUT2D eigenvalue weighted by molar-refractivity contribution is -0.137. The van der Waals surface area contributed by atoms with E-state index in [-0.39, 0.29) is 17.8 Å². The lowest BCUT2D eigenvalue weighted by Crippen LogP contribution is -2.19. The van der Waals surface area contributed by atoms with Gasteiger partial charge < -0.3 is 10.4 Å². The quantitative estimate of drug-likeness (QED) is 0.873. The summed E-state index contributed by atoms with van der Waals surface area (Å²) in [6.07, 6.45) is -4.54. The molecule has 1 rings (SSSR count). The minimum Gasteiger partial charge on any atom is -0.391 e. The maximum atomic E-state index is 12.4. The van der Waals surface area contributed by atoms with Gasteiger partial charge >= 0.3 is 6.18 Å². The zero-order chi connectivity index (χ0) is 13.8. The molecule has 1 atom stereocenters. The fourth-order valence-corrected chi connectivity index (χ4v) is 1.34. The second-order valence-corrected chi connectivity index (χ2v) is 3.81. The first-order valence-electron chi connectivity index (χ1n) is 5.41.